The summed E-state index contributed by atoms with van der Waals surface area (Å²) in [4.78, 5) is 14.1. The van der Waals surface area contributed by atoms with Crippen LogP contribution in [0.1, 0.15) is 28.6 Å². The maximum Gasteiger partial charge on any atom is 0.162 e. The van der Waals surface area contributed by atoms with E-state index in [-0.39, 0.29) is 5.78 Å². The fraction of sp³-hybridized carbons (Fsp3) is 0.214. The zero-order chi connectivity index (χ0) is 11.5. The lowest BCUT2D eigenvalue weighted by atomic mass is 10.1. The number of Topliss-reactive ketones (excluding diaryl/α,β-unsaturated/α-hetero) is 1. The van der Waals surface area contributed by atoms with Crippen molar-refractivity contribution in [2.75, 3.05) is 0 Å². The Morgan fingerprint density at radius 2 is 2.06 bits per heavy atom. The number of hydrogen-bond acceptors (Lipinski definition) is 2. The number of thiophene rings is 1. The zero-order valence-corrected chi connectivity index (χ0v) is 10.3. The van der Waals surface area contributed by atoms with Gasteiger partial charge in [-0.3, -0.25) is 4.79 Å². The molecule has 0 radical (unpaired) electrons. The third-order valence-corrected chi connectivity index (χ3v) is 3.58. The first-order chi connectivity index (χ1) is 7.70. The Hall–Kier alpha value is -1.41. The predicted octanol–water partition coefficient (Wildman–Crippen LogP) is 4.32. The van der Waals surface area contributed by atoms with Gasteiger partial charge in [0.15, 0.2) is 5.78 Å². The molecule has 0 unspecified atom stereocenters. The standard InChI is InChI=1S/C14H14OS/c1-3-13(15)11-5-4-6-12(9-11)14-8-7-10(2)16-14/h4-9H,3H2,1-2H3. The number of carbonyl (C=O) groups excluding carboxylic acids is 1. The maximum absolute atomic E-state index is 11.6. The van der Waals surface area contributed by atoms with Crippen molar-refractivity contribution >= 4 is 17.1 Å². The van der Waals surface area contributed by atoms with Crippen molar-refractivity contribution in [2.45, 2.75) is 20.3 Å². The Morgan fingerprint density at radius 1 is 1.25 bits per heavy atom. The van der Waals surface area contributed by atoms with Crippen molar-refractivity contribution in [3.05, 3.63) is 46.8 Å². The summed E-state index contributed by atoms with van der Waals surface area (Å²) in [6.45, 7) is 3.99. The van der Waals surface area contributed by atoms with Gasteiger partial charge in [-0.05, 0) is 30.7 Å². The normalized spacial score (nSPS) is 10.4. The highest BCUT2D eigenvalue weighted by Gasteiger charge is 2.05. The highest BCUT2D eigenvalue weighted by molar-refractivity contribution is 7.15. The molecule has 0 saturated heterocycles. The quantitative estimate of drug-likeness (QED) is 0.718. The minimum absolute atomic E-state index is 0.204. The Morgan fingerprint density at radius 3 is 2.69 bits per heavy atom. The number of hydrogen-bond donors (Lipinski definition) is 0. The molecule has 0 spiro atoms. The van der Waals surface area contributed by atoms with Crippen LogP contribution in [0.5, 0.6) is 0 Å². The van der Waals surface area contributed by atoms with Crippen molar-refractivity contribution in [1.82, 2.24) is 0 Å². The molecule has 2 heteroatoms. The molecule has 0 aliphatic heterocycles. The maximum atomic E-state index is 11.6. The van der Waals surface area contributed by atoms with Crippen LogP contribution in [-0.4, -0.2) is 5.78 Å². The van der Waals surface area contributed by atoms with Crippen LogP contribution in [0, 0.1) is 6.92 Å². The van der Waals surface area contributed by atoms with Crippen LogP contribution in [0.2, 0.25) is 0 Å². The Bertz CT molecular complexity index is 511. The molecule has 0 saturated carbocycles. The Kier molecular flexibility index (Phi) is 3.20. The zero-order valence-electron chi connectivity index (χ0n) is 9.49. The molecule has 16 heavy (non-hydrogen) atoms. The molecular formula is C14H14OS. The van der Waals surface area contributed by atoms with Gasteiger partial charge < -0.3 is 0 Å². The molecule has 1 aromatic carbocycles. The highest BCUT2D eigenvalue weighted by atomic mass is 32.1. The second-order valence-electron chi connectivity index (χ2n) is 3.77. The summed E-state index contributed by atoms with van der Waals surface area (Å²) in [6.07, 6.45) is 0.562. The van der Waals surface area contributed by atoms with Crippen molar-refractivity contribution in [2.24, 2.45) is 0 Å². The van der Waals surface area contributed by atoms with E-state index in [0.717, 1.165) is 11.1 Å². The molecule has 0 bridgehead atoms. The first kappa shape index (κ1) is 11.1. The smallest absolute Gasteiger partial charge is 0.162 e. The number of carbonyl (C=O) groups is 1. The van der Waals surface area contributed by atoms with E-state index >= 15 is 0 Å². The molecular weight excluding hydrogens is 216 g/mol. The third kappa shape index (κ3) is 2.22. The van der Waals surface area contributed by atoms with Crippen LogP contribution in [0.15, 0.2) is 36.4 Å². The summed E-state index contributed by atoms with van der Waals surface area (Å²) in [7, 11) is 0. The molecule has 0 fully saturated rings. The van der Waals surface area contributed by atoms with Gasteiger partial charge in [-0.25, -0.2) is 0 Å². The number of aryl methyl sites for hydroxylation is 1. The minimum atomic E-state index is 0.204. The lowest BCUT2D eigenvalue weighted by molar-refractivity contribution is 0.0988. The van der Waals surface area contributed by atoms with Crippen LogP contribution in [-0.2, 0) is 0 Å². The van der Waals surface area contributed by atoms with Crippen LogP contribution < -0.4 is 0 Å². The monoisotopic (exact) mass is 230 g/mol. The average Bonchev–Trinajstić information content (AvgIpc) is 2.75. The van der Waals surface area contributed by atoms with Crippen LogP contribution in [0.3, 0.4) is 0 Å². The first-order valence-corrected chi connectivity index (χ1v) is 6.22. The van der Waals surface area contributed by atoms with Gasteiger partial charge in [0, 0.05) is 21.7 Å². The molecule has 2 aromatic rings. The number of rotatable bonds is 3. The van der Waals surface area contributed by atoms with E-state index in [1.807, 2.05) is 25.1 Å². The molecule has 0 aliphatic rings. The fourth-order valence-corrected chi connectivity index (χ4v) is 2.50. The molecule has 1 aromatic heterocycles. The number of ketones is 1. The summed E-state index contributed by atoms with van der Waals surface area (Å²) in [6, 6.07) is 12.1. The molecule has 0 N–H and O–H groups in total. The van der Waals surface area contributed by atoms with E-state index in [1.165, 1.54) is 9.75 Å². The second-order valence-corrected chi connectivity index (χ2v) is 5.06. The topological polar surface area (TPSA) is 17.1 Å². The lowest BCUT2D eigenvalue weighted by Crippen LogP contribution is -1.95. The van der Waals surface area contributed by atoms with Crippen LogP contribution in [0.25, 0.3) is 10.4 Å². The fourth-order valence-electron chi connectivity index (χ4n) is 1.64. The van der Waals surface area contributed by atoms with Gasteiger partial charge in [-0.1, -0.05) is 25.1 Å². The van der Waals surface area contributed by atoms with Crippen molar-refractivity contribution in [3.8, 4) is 10.4 Å². The molecule has 2 rings (SSSR count). The average molecular weight is 230 g/mol. The molecule has 1 nitrogen and oxygen atoms in total. The SMILES string of the molecule is CCC(=O)c1cccc(-c2ccc(C)s2)c1. The minimum Gasteiger partial charge on any atom is -0.294 e. The van der Waals surface area contributed by atoms with Gasteiger partial charge in [0.25, 0.3) is 0 Å². The summed E-state index contributed by atoms with van der Waals surface area (Å²) in [5.41, 5.74) is 1.95. The van der Waals surface area contributed by atoms with Gasteiger partial charge in [-0.15, -0.1) is 11.3 Å². The van der Waals surface area contributed by atoms with E-state index < -0.39 is 0 Å². The summed E-state index contributed by atoms with van der Waals surface area (Å²) in [5, 5.41) is 0. The largest absolute Gasteiger partial charge is 0.294 e. The first-order valence-electron chi connectivity index (χ1n) is 5.41. The van der Waals surface area contributed by atoms with Gasteiger partial charge in [0.05, 0.1) is 0 Å². The molecule has 0 aliphatic carbocycles. The van der Waals surface area contributed by atoms with Crippen molar-refractivity contribution in [1.29, 1.82) is 0 Å². The molecule has 0 atom stereocenters. The Balaban J connectivity index is 2.39. The molecule has 0 amide bonds. The predicted molar refractivity (Wildman–Crippen MR) is 69.1 cm³/mol. The lowest BCUT2D eigenvalue weighted by Gasteiger charge is -2.01. The number of benzene rings is 1. The van der Waals surface area contributed by atoms with E-state index in [2.05, 4.69) is 25.1 Å². The summed E-state index contributed by atoms with van der Waals surface area (Å²) in [5.74, 6) is 0.204. The third-order valence-electron chi connectivity index (χ3n) is 2.53. The van der Waals surface area contributed by atoms with E-state index in [9.17, 15) is 4.79 Å². The van der Waals surface area contributed by atoms with Gasteiger partial charge in [0.2, 0.25) is 0 Å². The summed E-state index contributed by atoms with van der Waals surface area (Å²) >= 11 is 1.76. The van der Waals surface area contributed by atoms with E-state index in [1.54, 1.807) is 11.3 Å². The van der Waals surface area contributed by atoms with E-state index in [0.29, 0.717) is 6.42 Å². The molecule has 82 valence electrons. The second kappa shape index (κ2) is 4.62. The van der Waals surface area contributed by atoms with Gasteiger partial charge >= 0.3 is 0 Å². The summed E-state index contributed by atoms with van der Waals surface area (Å²) < 4.78 is 0. The Labute approximate surface area is 99.8 Å². The van der Waals surface area contributed by atoms with Crippen molar-refractivity contribution in [3.63, 3.8) is 0 Å². The van der Waals surface area contributed by atoms with Gasteiger partial charge in [0.1, 0.15) is 0 Å². The highest BCUT2D eigenvalue weighted by Crippen LogP contribution is 2.28. The van der Waals surface area contributed by atoms with Gasteiger partial charge in [-0.2, -0.15) is 0 Å². The van der Waals surface area contributed by atoms with Crippen LogP contribution in [0.4, 0.5) is 0 Å². The van der Waals surface area contributed by atoms with E-state index in [4.69, 9.17) is 0 Å². The molecule has 1 heterocycles. The van der Waals surface area contributed by atoms with Crippen molar-refractivity contribution < 1.29 is 4.79 Å². The van der Waals surface area contributed by atoms with Crippen LogP contribution >= 0.6 is 11.3 Å².